The molecule has 0 bridgehead atoms. The van der Waals surface area contributed by atoms with E-state index in [2.05, 4.69) is 23.7 Å². The van der Waals surface area contributed by atoms with Gasteiger partial charge in [0.25, 0.3) is 0 Å². The van der Waals surface area contributed by atoms with E-state index in [9.17, 15) is 4.79 Å². The van der Waals surface area contributed by atoms with Gasteiger partial charge in [-0.15, -0.1) is 0 Å². The second-order valence-electron chi connectivity index (χ2n) is 6.67. The monoisotopic (exact) mass is 276 g/mol. The Hall–Kier alpha value is -1.58. The first kappa shape index (κ1) is 14.8. The fourth-order valence-corrected chi connectivity index (χ4v) is 2.91. The summed E-state index contributed by atoms with van der Waals surface area (Å²) in [6.07, 6.45) is 4.70. The number of carbonyl (C=O) groups is 1. The van der Waals surface area contributed by atoms with Gasteiger partial charge in [0, 0.05) is 18.8 Å². The highest BCUT2D eigenvalue weighted by atomic mass is 16.4. The minimum atomic E-state index is -0.894. The lowest BCUT2D eigenvalue weighted by molar-refractivity contribution is 0.0696. The zero-order chi connectivity index (χ0) is 14.9. The molecule has 1 N–H and O–H groups in total. The third-order valence-electron chi connectivity index (χ3n) is 4.40. The number of nitrogens with zero attached hydrogens (tertiary/aromatic N) is 2. The van der Waals surface area contributed by atoms with Gasteiger partial charge in [0.05, 0.1) is 5.56 Å². The SMILES string of the molecule is Cc1cc(C(=O)O)cc(N(C)C2CCC(C)(C)CC2)n1. The van der Waals surface area contributed by atoms with Crippen LogP contribution in [0.15, 0.2) is 12.1 Å². The fourth-order valence-electron chi connectivity index (χ4n) is 2.91. The summed E-state index contributed by atoms with van der Waals surface area (Å²) in [5.74, 6) is -0.123. The largest absolute Gasteiger partial charge is 0.478 e. The molecule has 0 unspecified atom stereocenters. The highest BCUT2D eigenvalue weighted by molar-refractivity contribution is 5.88. The third kappa shape index (κ3) is 3.30. The fraction of sp³-hybridized carbons (Fsp3) is 0.625. The molecule has 20 heavy (non-hydrogen) atoms. The van der Waals surface area contributed by atoms with Gasteiger partial charge >= 0.3 is 5.97 Å². The van der Waals surface area contributed by atoms with Gasteiger partial charge in [-0.25, -0.2) is 9.78 Å². The molecule has 1 aliphatic carbocycles. The summed E-state index contributed by atoms with van der Waals surface area (Å²) in [7, 11) is 2.02. The lowest BCUT2D eigenvalue weighted by Crippen LogP contribution is -2.37. The minimum absolute atomic E-state index is 0.315. The van der Waals surface area contributed by atoms with E-state index in [4.69, 9.17) is 5.11 Å². The summed E-state index contributed by atoms with van der Waals surface area (Å²) >= 11 is 0. The third-order valence-corrected chi connectivity index (χ3v) is 4.40. The second kappa shape index (κ2) is 5.43. The zero-order valence-corrected chi connectivity index (χ0v) is 12.8. The predicted molar refractivity (Wildman–Crippen MR) is 80.4 cm³/mol. The number of aromatic nitrogens is 1. The first-order valence-electron chi connectivity index (χ1n) is 7.23. The van der Waals surface area contributed by atoms with E-state index < -0.39 is 5.97 Å². The highest BCUT2D eigenvalue weighted by Gasteiger charge is 2.29. The number of aryl methyl sites for hydroxylation is 1. The summed E-state index contributed by atoms with van der Waals surface area (Å²) in [6.45, 7) is 6.47. The van der Waals surface area contributed by atoms with Gasteiger partial charge in [-0.2, -0.15) is 0 Å². The molecule has 0 spiro atoms. The van der Waals surface area contributed by atoms with Crippen LogP contribution in [0.1, 0.15) is 55.6 Å². The maximum absolute atomic E-state index is 11.1. The van der Waals surface area contributed by atoms with Crippen molar-refractivity contribution in [3.05, 3.63) is 23.4 Å². The molecule has 110 valence electrons. The van der Waals surface area contributed by atoms with Gasteiger partial charge in [-0.1, -0.05) is 13.8 Å². The van der Waals surface area contributed by atoms with Crippen LogP contribution in [0.5, 0.6) is 0 Å². The molecule has 1 aliphatic rings. The van der Waals surface area contributed by atoms with Crippen molar-refractivity contribution in [2.24, 2.45) is 5.41 Å². The Morgan fingerprint density at radius 1 is 1.35 bits per heavy atom. The smallest absolute Gasteiger partial charge is 0.335 e. The minimum Gasteiger partial charge on any atom is -0.478 e. The van der Waals surface area contributed by atoms with E-state index in [0.29, 0.717) is 17.0 Å². The zero-order valence-electron chi connectivity index (χ0n) is 12.8. The van der Waals surface area contributed by atoms with Gasteiger partial charge in [-0.3, -0.25) is 0 Å². The van der Waals surface area contributed by atoms with Gasteiger partial charge in [-0.05, 0) is 50.2 Å². The van der Waals surface area contributed by atoms with Crippen LogP contribution in [-0.4, -0.2) is 29.1 Å². The first-order valence-corrected chi connectivity index (χ1v) is 7.23. The molecule has 1 aromatic heterocycles. The molecule has 0 aromatic carbocycles. The molecule has 0 amide bonds. The summed E-state index contributed by atoms with van der Waals surface area (Å²) in [6, 6.07) is 3.75. The summed E-state index contributed by atoms with van der Waals surface area (Å²) in [5.41, 5.74) is 1.50. The number of aromatic carboxylic acids is 1. The summed E-state index contributed by atoms with van der Waals surface area (Å²) in [4.78, 5) is 17.8. The van der Waals surface area contributed by atoms with Crippen LogP contribution < -0.4 is 4.90 Å². The summed E-state index contributed by atoms with van der Waals surface area (Å²) < 4.78 is 0. The van der Waals surface area contributed by atoms with Crippen LogP contribution in [0.25, 0.3) is 0 Å². The second-order valence-corrected chi connectivity index (χ2v) is 6.67. The molecule has 1 fully saturated rings. The molecule has 1 heterocycles. The van der Waals surface area contributed by atoms with E-state index in [1.54, 1.807) is 12.1 Å². The number of hydrogen-bond acceptors (Lipinski definition) is 3. The maximum atomic E-state index is 11.1. The molecule has 0 atom stereocenters. The van der Waals surface area contributed by atoms with Gasteiger partial charge in [0.2, 0.25) is 0 Å². The Morgan fingerprint density at radius 2 is 1.95 bits per heavy atom. The Balaban J connectivity index is 2.17. The Kier molecular flexibility index (Phi) is 4.02. The number of rotatable bonds is 3. The molecule has 0 saturated heterocycles. The van der Waals surface area contributed by atoms with Gasteiger partial charge in [0.1, 0.15) is 5.82 Å². The highest BCUT2D eigenvalue weighted by Crippen LogP contribution is 2.37. The average molecular weight is 276 g/mol. The lowest BCUT2D eigenvalue weighted by atomic mass is 9.75. The van der Waals surface area contributed by atoms with E-state index in [0.717, 1.165) is 24.4 Å². The van der Waals surface area contributed by atoms with Gasteiger partial charge in [0.15, 0.2) is 0 Å². The van der Waals surface area contributed by atoms with Crippen molar-refractivity contribution in [1.82, 2.24) is 4.98 Å². The van der Waals surface area contributed by atoms with Crippen LogP contribution in [0.2, 0.25) is 0 Å². The van der Waals surface area contributed by atoms with Crippen molar-refractivity contribution in [2.75, 3.05) is 11.9 Å². The number of pyridine rings is 1. The molecule has 2 rings (SSSR count). The van der Waals surface area contributed by atoms with Crippen molar-refractivity contribution in [2.45, 2.75) is 52.5 Å². The molecular weight excluding hydrogens is 252 g/mol. The Labute approximate surface area is 120 Å². The first-order chi connectivity index (χ1) is 9.28. The molecular formula is C16H24N2O2. The molecule has 0 radical (unpaired) electrons. The molecule has 1 aromatic rings. The van der Waals surface area contributed by atoms with Crippen LogP contribution >= 0.6 is 0 Å². The summed E-state index contributed by atoms with van der Waals surface area (Å²) in [5, 5.41) is 9.15. The molecule has 0 aliphatic heterocycles. The quantitative estimate of drug-likeness (QED) is 0.918. The maximum Gasteiger partial charge on any atom is 0.335 e. The normalized spacial score (nSPS) is 18.8. The van der Waals surface area contributed by atoms with E-state index in [-0.39, 0.29) is 0 Å². The van der Waals surface area contributed by atoms with E-state index in [1.165, 1.54) is 12.8 Å². The van der Waals surface area contributed by atoms with Crippen LogP contribution in [0.4, 0.5) is 5.82 Å². The number of anilines is 1. The van der Waals surface area contributed by atoms with Crippen molar-refractivity contribution < 1.29 is 9.90 Å². The van der Waals surface area contributed by atoms with Crippen molar-refractivity contribution >= 4 is 11.8 Å². The predicted octanol–water partition coefficient (Wildman–Crippen LogP) is 3.49. The lowest BCUT2D eigenvalue weighted by Gasteiger charge is -2.39. The topological polar surface area (TPSA) is 53.4 Å². The standard InChI is InChI=1S/C16H24N2O2/c1-11-9-12(15(19)20)10-14(17-11)18(4)13-5-7-16(2,3)8-6-13/h9-10,13H,5-8H2,1-4H3,(H,19,20). The molecule has 1 saturated carbocycles. The average Bonchev–Trinajstić information content (AvgIpc) is 2.37. The van der Waals surface area contributed by atoms with Crippen LogP contribution in [0, 0.1) is 12.3 Å². The Morgan fingerprint density at radius 3 is 2.50 bits per heavy atom. The number of hydrogen-bond donors (Lipinski definition) is 1. The van der Waals surface area contributed by atoms with Crippen molar-refractivity contribution in [1.29, 1.82) is 0 Å². The van der Waals surface area contributed by atoms with Gasteiger partial charge < -0.3 is 10.0 Å². The van der Waals surface area contributed by atoms with E-state index in [1.807, 2.05) is 14.0 Å². The molecule has 4 heteroatoms. The Bertz CT molecular complexity index is 501. The van der Waals surface area contributed by atoms with E-state index >= 15 is 0 Å². The van der Waals surface area contributed by atoms with Crippen LogP contribution in [0.3, 0.4) is 0 Å². The molecule has 4 nitrogen and oxygen atoms in total. The van der Waals surface area contributed by atoms with Crippen LogP contribution in [-0.2, 0) is 0 Å². The van der Waals surface area contributed by atoms with Crippen molar-refractivity contribution in [3.8, 4) is 0 Å². The van der Waals surface area contributed by atoms with Crippen molar-refractivity contribution in [3.63, 3.8) is 0 Å². The number of carboxylic acid groups (broad SMARTS) is 1. The number of carboxylic acids is 1.